The number of methoxy groups -OCH3 is 1. The highest BCUT2D eigenvalue weighted by molar-refractivity contribution is 5.90. The van der Waals surface area contributed by atoms with E-state index in [2.05, 4.69) is 0 Å². The molecule has 1 atom stereocenters. The molecule has 26 heavy (non-hydrogen) atoms. The number of aromatic nitrogens is 1. The zero-order chi connectivity index (χ0) is 18.9. The van der Waals surface area contributed by atoms with Crippen molar-refractivity contribution in [2.45, 2.75) is 25.1 Å². The normalized spacial score (nSPS) is 17.5. The van der Waals surface area contributed by atoms with Crippen molar-refractivity contribution >= 4 is 16.9 Å². The van der Waals surface area contributed by atoms with Gasteiger partial charge in [-0.3, -0.25) is 0 Å². The van der Waals surface area contributed by atoms with E-state index in [0.717, 1.165) is 17.7 Å². The Labute approximate surface area is 148 Å². The van der Waals surface area contributed by atoms with Gasteiger partial charge < -0.3 is 14.4 Å². The molecule has 4 nitrogen and oxygen atoms in total. The molecule has 1 N–H and O–H groups in total. The molecule has 2 aromatic rings. The van der Waals surface area contributed by atoms with Crippen molar-refractivity contribution in [3.05, 3.63) is 59.3 Å². The highest BCUT2D eigenvalue weighted by atomic mass is 19.4. The van der Waals surface area contributed by atoms with E-state index in [1.165, 1.54) is 19.3 Å². The summed E-state index contributed by atoms with van der Waals surface area (Å²) >= 11 is 0. The maximum atomic E-state index is 13.1. The Morgan fingerprint density at radius 1 is 1.38 bits per heavy atom. The molecule has 1 aromatic carbocycles. The van der Waals surface area contributed by atoms with Crippen LogP contribution in [0.4, 0.5) is 13.2 Å². The van der Waals surface area contributed by atoms with E-state index in [-0.39, 0.29) is 11.6 Å². The molecular weight excluding hydrogens is 347 g/mol. The predicted octanol–water partition coefficient (Wildman–Crippen LogP) is 4.36. The van der Waals surface area contributed by atoms with Gasteiger partial charge in [0.15, 0.2) is 0 Å². The standard InChI is InChI=1S/C19H18F3NO3/c1-26-8-7-13-11-23(15-4-2-3-12(9-15)18(24)25)17-6-5-14(10-16(13)17)19(20,21)22/h2-3,5-6,9-11,15H,4,7-8H2,1H3,(H,24,25). The van der Waals surface area contributed by atoms with Crippen molar-refractivity contribution in [1.82, 2.24) is 4.57 Å². The summed E-state index contributed by atoms with van der Waals surface area (Å²) in [4.78, 5) is 11.2. The zero-order valence-electron chi connectivity index (χ0n) is 14.1. The number of carbonyl (C=O) groups is 1. The Kier molecular flexibility index (Phi) is 4.91. The lowest BCUT2D eigenvalue weighted by Crippen LogP contribution is -2.11. The lowest BCUT2D eigenvalue weighted by molar-refractivity contribution is -0.137. The van der Waals surface area contributed by atoms with Crippen molar-refractivity contribution in [1.29, 1.82) is 0 Å². The predicted molar refractivity (Wildman–Crippen MR) is 91.0 cm³/mol. The fourth-order valence-corrected chi connectivity index (χ4v) is 3.19. The first kappa shape index (κ1) is 18.3. The minimum absolute atomic E-state index is 0.174. The van der Waals surface area contributed by atoms with Crippen LogP contribution < -0.4 is 0 Å². The van der Waals surface area contributed by atoms with Crippen molar-refractivity contribution in [2.75, 3.05) is 13.7 Å². The van der Waals surface area contributed by atoms with E-state index in [4.69, 9.17) is 4.74 Å². The van der Waals surface area contributed by atoms with Crippen LogP contribution in [0.25, 0.3) is 10.9 Å². The molecule has 1 unspecified atom stereocenters. The Bertz CT molecular complexity index is 893. The number of carboxylic acids is 1. The summed E-state index contributed by atoms with van der Waals surface area (Å²) in [5.74, 6) is -1.03. The summed E-state index contributed by atoms with van der Waals surface area (Å²) in [6, 6.07) is 3.39. The molecule has 0 bridgehead atoms. The number of alkyl halides is 3. The number of hydrogen-bond donors (Lipinski definition) is 1. The number of allylic oxidation sites excluding steroid dienone is 2. The highest BCUT2D eigenvalue weighted by Crippen LogP contribution is 2.35. The summed E-state index contributed by atoms with van der Waals surface area (Å²) in [5, 5.41) is 9.70. The maximum absolute atomic E-state index is 13.1. The Morgan fingerprint density at radius 3 is 2.81 bits per heavy atom. The van der Waals surface area contributed by atoms with Crippen LogP contribution >= 0.6 is 0 Å². The minimum Gasteiger partial charge on any atom is -0.478 e. The average molecular weight is 365 g/mol. The van der Waals surface area contributed by atoms with Gasteiger partial charge in [0.2, 0.25) is 0 Å². The van der Waals surface area contributed by atoms with Crippen molar-refractivity contribution < 1.29 is 27.8 Å². The third-order valence-electron chi connectivity index (χ3n) is 4.47. The first-order chi connectivity index (χ1) is 12.3. The number of nitrogens with zero attached hydrogens (tertiary/aromatic N) is 1. The smallest absolute Gasteiger partial charge is 0.416 e. The number of ether oxygens (including phenoxy) is 1. The van der Waals surface area contributed by atoms with Gasteiger partial charge in [0.05, 0.1) is 23.8 Å². The van der Waals surface area contributed by atoms with Gasteiger partial charge in [-0.2, -0.15) is 13.2 Å². The van der Waals surface area contributed by atoms with Crippen molar-refractivity contribution in [2.24, 2.45) is 0 Å². The molecule has 0 aliphatic heterocycles. The molecular formula is C19H18F3NO3. The van der Waals surface area contributed by atoms with E-state index >= 15 is 0 Å². The van der Waals surface area contributed by atoms with Crippen LogP contribution in [0.3, 0.4) is 0 Å². The van der Waals surface area contributed by atoms with Gasteiger partial charge in [0.25, 0.3) is 0 Å². The quantitative estimate of drug-likeness (QED) is 0.857. The molecule has 1 aliphatic carbocycles. The van der Waals surface area contributed by atoms with Gasteiger partial charge in [0.1, 0.15) is 0 Å². The first-order valence-electron chi connectivity index (χ1n) is 8.12. The van der Waals surface area contributed by atoms with E-state index in [1.807, 2.05) is 4.57 Å². The molecule has 0 saturated carbocycles. The van der Waals surface area contributed by atoms with E-state index in [0.29, 0.717) is 30.4 Å². The van der Waals surface area contributed by atoms with Crippen LogP contribution in [0.2, 0.25) is 0 Å². The number of hydrogen-bond acceptors (Lipinski definition) is 2. The molecule has 3 rings (SSSR count). The molecule has 1 aromatic heterocycles. The number of halogens is 3. The average Bonchev–Trinajstić information content (AvgIpc) is 2.97. The van der Waals surface area contributed by atoms with E-state index in [9.17, 15) is 23.1 Å². The van der Waals surface area contributed by atoms with E-state index in [1.54, 1.807) is 18.3 Å². The third-order valence-corrected chi connectivity index (χ3v) is 4.47. The van der Waals surface area contributed by atoms with Gasteiger partial charge in [-0.05, 0) is 42.7 Å². The summed E-state index contributed by atoms with van der Waals surface area (Å²) in [7, 11) is 1.54. The Balaban J connectivity index is 2.11. The molecule has 0 amide bonds. The molecule has 1 heterocycles. The van der Waals surface area contributed by atoms with Gasteiger partial charge in [-0.25, -0.2) is 4.79 Å². The summed E-state index contributed by atoms with van der Waals surface area (Å²) in [6.45, 7) is 0.385. The van der Waals surface area contributed by atoms with Crippen LogP contribution in [0, 0.1) is 0 Å². The van der Waals surface area contributed by atoms with Crippen molar-refractivity contribution in [3.63, 3.8) is 0 Å². The van der Waals surface area contributed by atoms with Crippen LogP contribution in [0.15, 0.2) is 48.2 Å². The van der Waals surface area contributed by atoms with Crippen LogP contribution in [-0.2, 0) is 22.1 Å². The first-order valence-corrected chi connectivity index (χ1v) is 8.12. The number of aliphatic carboxylic acids is 1. The lowest BCUT2D eigenvalue weighted by Gasteiger charge is -2.18. The summed E-state index contributed by atoms with van der Waals surface area (Å²) in [6.07, 6.45) is 3.35. The Morgan fingerprint density at radius 2 is 2.15 bits per heavy atom. The van der Waals surface area contributed by atoms with Crippen LogP contribution in [0.5, 0.6) is 0 Å². The largest absolute Gasteiger partial charge is 0.478 e. The molecule has 138 valence electrons. The van der Waals surface area contributed by atoms with Gasteiger partial charge in [-0.15, -0.1) is 0 Å². The van der Waals surface area contributed by atoms with Crippen LogP contribution in [-0.4, -0.2) is 29.4 Å². The monoisotopic (exact) mass is 365 g/mol. The summed E-state index contributed by atoms with van der Waals surface area (Å²) in [5.41, 5.74) is 0.860. The highest BCUT2D eigenvalue weighted by Gasteiger charge is 2.31. The SMILES string of the molecule is COCCc1cn(C2C=C(C(=O)O)C=CC2)c2ccc(C(F)(F)F)cc12. The fourth-order valence-electron chi connectivity index (χ4n) is 3.19. The molecule has 0 spiro atoms. The minimum atomic E-state index is -4.42. The maximum Gasteiger partial charge on any atom is 0.416 e. The van der Waals surface area contributed by atoms with Gasteiger partial charge >= 0.3 is 12.1 Å². The number of fused-ring (bicyclic) bond motifs is 1. The zero-order valence-corrected chi connectivity index (χ0v) is 14.1. The third kappa shape index (κ3) is 3.53. The molecule has 7 heteroatoms. The number of benzene rings is 1. The molecule has 0 radical (unpaired) electrons. The second-order valence-corrected chi connectivity index (χ2v) is 6.17. The number of carboxylic acid groups (broad SMARTS) is 1. The van der Waals surface area contributed by atoms with Crippen molar-refractivity contribution in [3.8, 4) is 0 Å². The fraction of sp³-hybridized carbons (Fsp3) is 0.316. The van der Waals surface area contributed by atoms with Crippen LogP contribution in [0.1, 0.15) is 23.6 Å². The van der Waals surface area contributed by atoms with E-state index < -0.39 is 17.7 Å². The topological polar surface area (TPSA) is 51.5 Å². The lowest BCUT2D eigenvalue weighted by atomic mass is 10.0. The molecule has 0 fully saturated rings. The summed E-state index contributed by atoms with van der Waals surface area (Å²) < 4.78 is 46.2. The van der Waals surface area contributed by atoms with Gasteiger partial charge in [-0.1, -0.05) is 12.2 Å². The molecule has 0 saturated heterocycles. The Hall–Kier alpha value is -2.54. The molecule has 1 aliphatic rings. The second-order valence-electron chi connectivity index (χ2n) is 6.17. The number of rotatable bonds is 5. The second kappa shape index (κ2) is 6.99. The van der Waals surface area contributed by atoms with Gasteiger partial charge in [0, 0.05) is 24.2 Å².